The van der Waals surface area contributed by atoms with E-state index in [2.05, 4.69) is 4.18 Å². The third kappa shape index (κ3) is 0.757. The van der Waals surface area contributed by atoms with Gasteiger partial charge in [-0.25, -0.2) is 0 Å². The first-order valence-corrected chi connectivity index (χ1v) is 4.92. The third-order valence-electron chi connectivity index (χ3n) is 2.19. The van der Waals surface area contributed by atoms with Crippen molar-refractivity contribution in [1.82, 2.24) is 0 Å². The van der Waals surface area contributed by atoms with Gasteiger partial charge in [-0.1, -0.05) is 24.3 Å². The highest BCUT2D eigenvalue weighted by atomic mass is 32.2. The van der Waals surface area contributed by atoms with Crippen LogP contribution in [0.15, 0.2) is 24.3 Å². The van der Waals surface area contributed by atoms with Crippen molar-refractivity contribution in [3.63, 3.8) is 0 Å². The second-order valence-electron chi connectivity index (χ2n) is 2.86. The van der Waals surface area contributed by atoms with Crippen LogP contribution in [-0.2, 0) is 14.3 Å². The Morgan fingerprint density at radius 2 is 2.25 bits per heavy atom. The smallest absolute Gasteiger partial charge is 0.282 e. The van der Waals surface area contributed by atoms with E-state index in [0.29, 0.717) is 0 Å². The molecule has 0 aromatic carbocycles. The second-order valence-corrected chi connectivity index (χ2v) is 4.76. The van der Waals surface area contributed by atoms with Crippen LogP contribution in [0.5, 0.6) is 0 Å². The quantitative estimate of drug-likeness (QED) is 0.524. The number of allylic oxidation sites excluding steroid dienone is 2. The lowest BCUT2D eigenvalue weighted by Gasteiger charge is -2.40. The molecular weight excluding hydrogens is 180 g/mol. The molecule has 1 heterocycles. The average Bonchev–Trinajstić information content (AvgIpc) is 2.03. The summed E-state index contributed by atoms with van der Waals surface area (Å²) in [6.07, 6.45) is 5.15. The molecule has 2 rings (SSSR count). The molecule has 12 heavy (non-hydrogen) atoms. The number of hydrogen-bond acceptors (Lipinski definition) is 4. The van der Waals surface area contributed by atoms with E-state index >= 15 is 0 Å². The van der Waals surface area contributed by atoms with Gasteiger partial charge in [-0.2, -0.15) is 8.42 Å². The fourth-order valence-electron chi connectivity index (χ4n) is 1.31. The van der Waals surface area contributed by atoms with Crippen LogP contribution in [0.4, 0.5) is 0 Å². The minimum Gasteiger partial charge on any atom is -0.387 e. The first-order valence-electron chi connectivity index (χ1n) is 3.52. The lowest BCUT2D eigenvalue weighted by atomic mass is 9.97. The third-order valence-corrected chi connectivity index (χ3v) is 4.04. The zero-order valence-electron chi connectivity index (χ0n) is 6.17. The molecule has 0 aromatic heterocycles. The SMILES string of the molecule is O=S1(=O)OCC12C=CC=CC2O. The van der Waals surface area contributed by atoms with Crippen molar-refractivity contribution in [1.29, 1.82) is 0 Å². The van der Waals surface area contributed by atoms with E-state index in [0.717, 1.165) is 0 Å². The van der Waals surface area contributed by atoms with E-state index < -0.39 is 21.0 Å². The van der Waals surface area contributed by atoms with Gasteiger partial charge < -0.3 is 5.11 Å². The molecule has 1 fully saturated rings. The summed E-state index contributed by atoms with van der Waals surface area (Å²) < 4.78 is 25.5. The zero-order chi connectivity index (χ0) is 8.82. The predicted molar refractivity (Wildman–Crippen MR) is 41.9 cm³/mol. The molecule has 2 atom stereocenters. The minimum absolute atomic E-state index is 0.0390. The van der Waals surface area contributed by atoms with Crippen molar-refractivity contribution in [3.05, 3.63) is 24.3 Å². The predicted octanol–water partition coefficient (Wildman–Crippen LogP) is -0.428. The van der Waals surface area contributed by atoms with E-state index in [1.165, 1.54) is 12.2 Å². The summed E-state index contributed by atoms with van der Waals surface area (Å²) in [4.78, 5) is 0. The molecule has 1 aliphatic carbocycles. The maximum atomic E-state index is 11.1. The highest BCUT2D eigenvalue weighted by molar-refractivity contribution is 7.89. The Hall–Kier alpha value is -0.650. The lowest BCUT2D eigenvalue weighted by Crippen LogP contribution is -2.60. The van der Waals surface area contributed by atoms with Gasteiger partial charge >= 0.3 is 0 Å². The Kier molecular flexibility index (Phi) is 1.45. The highest BCUT2D eigenvalue weighted by Crippen LogP contribution is 2.37. The van der Waals surface area contributed by atoms with Crippen LogP contribution in [0, 0.1) is 0 Å². The summed E-state index contributed by atoms with van der Waals surface area (Å²) in [7, 11) is -3.58. The Balaban J connectivity index is 2.46. The van der Waals surface area contributed by atoms with Crippen LogP contribution >= 0.6 is 0 Å². The molecule has 2 aliphatic rings. The lowest BCUT2D eigenvalue weighted by molar-refractivity contribution is 0.103. The van der Waals surface area contributed by atoms with Gasteiger partial charge in [-0.3, -0.25) is 4.18 Å². The maximum Gasteiger partial charge on any atom is 0.282 e. The van der Waals surface area contributed by atoms with E-state index in [1.54, 1.807) is 12.2 Å². The van der Waals surface area contributed by atoms with Crippen molar-refractivity contribution in [3.8, 4) is 0 Å². The van der Waals surface area contributed by atoms with Gasteiger partial charge in [0.15, 0.2) is 4.75 Å². The topological polar surface area (TPSA) is 63.6 Å². The monoisotopic (exact) mass is 188 g/mol. The molecular formula is C7H8O4S. The highest BCUT2D eigenvalue weighted by Gasteiger charge is 2.57. The average molecular weight is 188 g/mol. The number of hydrogen-bond donors (Lipinski definition) is 1. The van der Waals surface area contributed by atoms with Crippen LogP contribution in [0.2, 0.25) is 0 Å². The molecule has 5 heteroatoms. The summed E-state index contributed by atoms with van der Waals surface area (Å²) in [6.45, 7) is 0.0390. The van der Waals surface area contributed by atoms with Gasteiger partial charge in [0.25, 0.3) is 10.1 Å². The molecule has 0 aromatic rings. The van der Waals surface area contributed by atoms with Crippen LogP contribution < -0.4 is 0 Å². The molecule has 0 saturated carbocycles. The Morgan fingerprint density at radius 1 is 1.50 bits per heavy atom. The van der Waals surface area contributed by atoms with Crippen LogP contribution in [0.3, 0.4) is 0 Å². The zero-order valence-corrected chi connectivity index (χ0v) is 6.99. The molecule has 1 aliphatic heterocycles. The van der Waals surface area contributed by atoms with E-state index in [-0.39, 0.29) is 6.61 Å². The summed E-state index contributed by atoms with van der Waals surface area (Å²) in [5, 5.41) is 9.42. The van der Waals surface area contributed by atoms with E-state index in [9.17, 15) is 13.5 Å². The number of aliphatic hydroxyl groups excluding tert-OH is 1. The molecule has 1 N–H and O–H groups in total. The van der Waals surface area contributed by atoms with Crippen LogP contribution in [0.25, 0.3) is 0 Å². The Bertz CT molecular complexity index is 354. The van der Waals surface area contributed by atoms with Gasteiger partial charge in [0.1, 0.15) is 6.10 Å². The standard InChI is InChI=1S/C7H8O4S/c8-6-3-1-2-4-7(6)5-11-12(7,9)10/h1-4,6,8H,5H2. The fourth-order valence-corrected chi connectivity index (χ4v) is 2.51. The summed E-state index contributed by atoms with van der Waals surface area (Å²) >= 11 is 0. The van der Waals surface area contributed by atoms with E-state index in [1.807, 2.05) is 0 Å². The van der Waals surface area contributed by atoms with Gasteiger partial charge in [-0.05, 0) is 0 Å². The van der Waals surface area contributed by atoms with Gasteiger partial charge in [0.05, 0.1) is 6.61 Å². The van der Waals surface area contributed by atoms with Crippen molar-refractivity contribution in [2.75, 3.05) is 6.61 Å². The van der Waals surface area contributed by atoms with Gasteiger partial charge in [-0.15, -0.1) is 0 Å². The molecule has 0 amide bonds. The van der Waals surface area contributed by atoms with Crippen LogP contribution in [0.1, 0.15) is 0 Å². The number of rotatable bonds is 0. The first kappa shape index (κ1) is 7.97. The Morgan fingerprint density at radius 3 is 2.58 bits per heavy atom. The molecule has 1 saturated heterocycles. The molecule has 2 unspecified atom stereocenters. The van der Waals surface area contributed by atoms with Gasteiger partial charge in [0, 0.05) is 0 Å². The second kappa shape index (κ2) is 2.18. The number of aliphatic hydroxyl groups is 1. The minimum atomic E-state index is -3.58. The molecule has 0 radical (unpaired) electrons. The largest absolute Gasteiger partial charge is 0.387 e. The Labute approximate surface area is 70.3 Å². The maximum absolute atomic E-state index is 11.1. The molecule has 4 nitrogen and oxygen atoms in total. The van der Waals surface area contributed by atoms with Crippen molar-refractivity contribution in [2.24, 2.45) is 0 Å². The van der Waals surface area contributed by atoms with Crippen LogP contribution in [-0.4, -0.2) is 31.0 Å². The first-order chi connectivity index (χ1) is 5.58. The van der Waals surface area contributed by atoms with Crippen molar-refractivity contribution >= 4 is 10.1 Å². The van der Waals surface area contributed by atoms with Gasteiger partial charge in [0.2, 0.25) is 0 Å². The summed E-state index contributed by atoms with van der Waals surface area (Å²) in [6, 6.07) is 0. The molecule has 1 spiro atoms. The molecule has 0 bridgehead atoms. The van der Waals surface area contributed by atoms with E-state index in [4.69, 9.17) is 0 Å². The normalized spacial score (nSPS) is 42.9. The van der Waals surface area contributed by atoms with Crippen molar-refractivity contribution in [2.45, 2.75) is 10.9 Å². The fraction of sp³-hybridized carbons (Fsp3) is 0.429. The summed E-state index contributed by atoms with van der Waals surface area (Å²) in [5.41, 5.74) is 0. The van der Waals surface area contributed by atoms with Crippen molar-refractivity contribution < 1.29 is 17.7 Å². The molecule has 66 valence electrons. The summed E-state index contributed by atoms with van der Waals surface area (Å²) in [5.74, 6) is 0.